The van der Waals surface area contributed by atoms with Crippen molar-refractivity contribution in [1.82, 2.24) is 4.98 Å². The van der Waals surface area contributed by atoms with Gasteiger partial charge in [-0.2, -0.15) is 0 Å². The van der Waals surface area contributed by atoms with Crippen LogP contribution in [0.5, 0.6) is 0 Å². The number of carbonyl (C=O) groups excluding carboxylic acids is 1. The van der Waals surface area contributed by atoms with Crippen molar-refractivity contribution in [2.24, 2.45) is 0 Å². The molecule has 0 bridgehead atoms. The highest BCUT2D eigenvalue weighted by molar-refractivity contribution is 6.19. The van der Waals surface area contributed by atoms with Crippen LogP contribution in [-0.4, -0.2) is 10.8 Å². The van der Waals surface area contributed by atoms with Crippen LogP contribution < -0.4 is 0 Å². The van der Waals surface area contributed by atoms with E-state index >= 15 is 0 Å². The van der Waals surface area contributed by atoms with E-state index in [1.54, 1.807) is 6.92 Å². The molecule has 0 aliphatic heterocycles. The smallest absolute Gasteiger partial charge is 0.193 e. The molecule has 1 aromatic carbocycles. The molecule has 0 atom stereocenters. The zero-order valence-electron chi connectivity index (χ0n) is 10.1. The molecule has 17 heavy (non-hydrogen) atoms. The normalized spacial score (nSPS) is 14.5. The first-order valence-corrected chi connectivity index (χ1v) is 5.68. The summed E-state index contributed by atoms with van der Waals surface area (Å²) < 4.78 is 5.55. The Morgan fingerprint density at radius 1 is 1.35 bits per heavy atom. The Bertz CT molecular complexity index is 673. The molecule has 0 saturated carbocycles. The van der Waals surface area contributed by atoms with Crippen LogP contribution >= 0.6 is 0 Å². The number of aryl methyl sites for hydroxylation is 1. The summed E-state index contributed by atoms with van der Waals surface area (Å²) in [7, 11) is 0. The number of oxazole rings is 1. The SMILES string of the molecule is CC(C)=C1Cc2ccc3nc(C)oc3c2C1=O. The number of fused-ring (bicyclic) bond motifs is 3. The first-order valence-electron chi connectivity index (χ1n) is 5.68. The molecule has 1 aliphatic carbocycles. The number of rotatable bonds is 0. The van der Waals surface area contributed by atoms with Crippen LogP contribution in [0.15, 0.2) is 27.7 Å². The van der Waals surface area contributed by atoms with Crippen LogP contribution in [-0.2, 0) is 6.42 Å². The lowest BCUT2D eigenvalue weighted by molar-refractivity contribution is 0.103. The number of ketones is 1. The number of aromatic nitrogens is 1. The predicted octanol–water partition coefficient (Wildman–Crippen LogP) is 3.21. The second kappa shape index (κ2) is 3.29. The number of nitrogens with zero attached hydrogens (tertiary/aromatic N) is 1. The molecular weight excluding hydrogens is 214 g/mol. The van der Waals surface area contributed by atoms with Crippen molar-refractivity contribution in [2.75, 3.05) is 0 Å². The van der Waals surface area contributed by atoms with Gasteiger partial charge < -0.3 is 4.42 Å². The number of Topliss-reactive ketones (excluding diaryl/α,β-unsaturated/α-hetero) is 1. The highest BCUT2D eigenvalue weighted by Crippen LogP contribution is 2.34. The molecular formula is C14H13NO2. The quantitative estimate of drug-likeness (QED) is 0.649. The minimum Gasteiger partial charge on any atom is -0.440 e. The number of benzene rings is 1. The summed E-state index contributed by atoms with van der Waals surface area (Å²) in [4.78, 5) is 16.6. The van der Waals surface area contributed by atoms with Crippen molar-refractivity contribution < 1.29 is 9.21 Å². The van der Waals surface area contributed by atoms with Crippen LogP contribution in [0.4, 0.5) is 0 Å². The Hall–Kier alpha value is -1.90. The first kappa shape index (κ1) is 10.3. The van der Waals surface area contributed by atoms with E-state index in [4.69, 9.17) is 4.42 Å². The molecule has 0 spiro atoms. The fourth-order valence-corrected chi connectivity index (χ4v) is 2.37. The molecule has 2 aromatic rings. The van der Waals surface area contributed by atoms with Crippen molar-refractivity contribution in [1.29, 1.82) is 0 Å². The Balaban J connectivity index is 2.35. The van der Waals surface area contributed by atoms with Crippen molar-refractivity contribution >= 4 is 16.9 Å². The summed E-state index contributed by atoms with van der Waals surface area (Å²) in [6, 6.07) is 3.90. The van der Waals surface area contributed by atoms with E-state index < -0.39 is 0 Å². The fourth-order valence-electron chi connectivity index (χ4n) is 2.37. The van der Waals surface area contributed by atoms with Gasteiger partial charge in [0.25, 0.3) is 0 Å². The number of carbonyl (C=O) groups is 1. The number of allylic oxidation sites excluding steroid dienone is 2. The van der Waals surface area contributed by atoms with Gasteiger partial charge in [-0.15, -0.1) is 0 Å². The third-order valence-corrected chi connectivity index (χ3v) is 3.22. The number of hydrogen-bond acceptors (Lipinski definition) is 3. The maximum atomic E-state index is 12.3. The Morgan fingerprint density at radius 2 is 2.12 bits per heavy atom. The van der Waals surface area contributed by atoms with Gasteiger partial charge in [-0.1, -0.05) is 11.6 Å². The van der Waals surface area contributed by atoms with E-state index in [1.807, 2.05) is 26.0 Å². The summed E-state index contributed by atoms with van der Waals surface area (Å²) in [5.74, 6) is 0.702. The third-order valence-electron chi connectivity index (χ3n) is 3.22. The van der Waals surface area contributed by atoms with Gasteiger partial charge >= 0.3 is 0 Å². The van der Waals surface area contributed by atoms with Gasteiger partial charge in [0.2, 0.25) is 0 Å². The van der Waals surface area contributed by atoms with Gasteiger partial charge in [0.05, 0.1) is 5.56 Å². The predicted molar refractivity (Wildman–Crippen MR) is 65.2 cm³/mol. The molecule has 1 aliphatic rings. The maximum Gasteiger partial charge on any atom is 0.193 e. The molecule has 0 fully saturated rings. The largest absolute Gasteiger partial charge is 0.440 e. The average molecular weight is 227 g/mol. The van der Waals surface area contributed by atoms with E-state index in [2.05, 4.69) is 4.98 Å². The van der Waals surface area contributed by atoms with Gasteiger partial charge in [-0.25, -0.2) is 4.98 Å². The molecule has 1 heterocycles. The molecule has 86 valence electrons. The van der Waals surface area contributed by atoms with Crippen LogP contribution in [0.25, 0.3) is 11.1 Å². The first-order chi connectivity index (χ1) is 8.08. The van der Waals surface area contributed by atoms with Crippen molar-refractivity contribution in [3.63, 3.8) is 0 Å². The summed E-state index contributed by atoms with van der Waals surface area (Å²) in [6.07, 6.45) is 0.714. The van der Waals surface area contributed by atoms with E-state index in [1.165, 1.54) is 0 Å². The molecule has 0 N–H and O–H groups in total. The zero-order chi connectivity index (χ0) is 12.2. The zero-order valence-corrected chi connectivity index (χ0v) is 10.1. The summed E-state index contributed by atoms with van der Waals surface area (Å²) in [5.41, 5.74) is 5.14. The standard InChI is InChI=1S/C14H13NO2/c1-7(2)10-6-9-4-5-11-14(12(9)13(10)16)17-8(3)15-11/h4-5H,6H2,1-3H3. The van der Waals surface area contributed by atoms with Crippen molar-refractivity contribution in [3.8, 4) is 0 Å². The van der Waals surface area contributed by atoms with E-state index in [0.29, 0.717) is 23.5 Å². The lowest BCUT2D eigenvalue weighted by atomic mass is 10.1. The highest BCUT2D eigenvalue weighted by atomic mass is 16.3. The molecule has 0 amide bonds. The second-order valence-electron chi connectivity index (χ2n) is 4.67. The molecule has 3 nitrogen and oxygen atoms in total. The average Bonchev–Trinajstić information content (AvgIpc) is 2.78. The monoisotopic (exact) mass is 227 g/mol. The molecule has 0 saturated heterocycles. The lowest BCUT2D eigenvalue weighted by Crippen LogP contribution is -1.97. The van der Waals surface area contributed by atoms with Gasteiger partial charge in [0, 0.05) is 18.9 Å². The fraction of sp³-hybridized carbons (Fsp3) is 0.286. The van der Waals surface area contributed by atoms with Gasteiger partial charge in [0.1, 0.15) is 5.52 Å². The second-order valence-corrected chi connectivity index (χ2v) is 4.67. The molecule has 0 radical (unpaired) electrons. The molecule has 3 rings (SSSR count). The summed E-state index contributed by atoms with van der Waals surface area (Å²) in [6.45, 7) is 5.75. The molecule has 1 aromatic heterocycles. The van der Waals surface area contributed by atoms with Crippen LogP contribution in [0.1, 0.15) is 35.7 Å². The lowest BCUT2D eigenvalue weighted by Gasteiger charge is -1.96. The summed E-state index contributed by atoms with van der Waals surface area (Å²) in [5, 5.41) is 0. The van der Waals surface area contributed by atoms with E-state index in [0.717, 1.165) is 22.2 Å². The molecule has 0 unspecified atom stereocenters. The van der Waals surface area contributed by atoms with Crippen molar-refractivity contribution in [3.05, 3.63) is 40.3 Å². The third kappa shape index (κ3) is 1.35. The van der Waals surface area contributed by atoms with Crippen molar-refractivity contribution in [2.45, 2.75) is 27.2 Å². The molecule has 3 heteroatoms. The minimum atomic E-state index is 0.0988. The van der Waals surface area contributed by atoms with Gasteiger partial charge in [0.15, 0.2) is 17.3 Å². The summed E-state index contributed by atoms with van der Waals surface area (Å²) >= 11 is 0. The maximum absolute atomic E-state index is 12.3. The highest BCUT2D eigenvalue weighted by Gasteiger charge is 2.29. The van der Waals surface area contributed by atoms with Crippen LogP contribution in [0.3, 0.4) is 0 Å². The Labute approximate surface area is 99.1 Å². The van der Waals surface area contributed by atoms with Crippen LogP contribution in [0.2, 0.25) is 0 Å². The number of hydrogen-bond donors (Lipinski definition) is 0. The topological polar surface area (TPSA) is 43.1 Å². The Morgan fingerprint density at radius 3 is 2.82 bits per heavy atom. The van der Waals surface area contributed by atoms with Gasteiger partial charge in [-0.3, -0.25) is 4.79 Å². The van der Waals surface area contributed by atoms with Gasteiger partial charge in [-0.05, 0) is 25.5 Å². The minimum absolute atomic E-state index is 0.0988. The Kier molecular flexibility index (Phi) is 1.99. The van der Waals surface area contributed by atoms with E-state index in [-0.39, 0.29) is 5.78 Å². The van der Waals surface area contributed by atoms with Crippen LogP contribution in [0, 0.1) is 6.92 Å². The van der Waals surface area contributed by atoms with E-state index in [9.17, 15) is 4.79 Å².